The van der Waals surface area contributed by atoms with Crippen molar-refractivity contribution in [3.8, 4) is 0 Å². The van der Waals surface area contributed by atoms with Gasteiger partial charge in [0.2, 0.25) is 0 Å². The Balaban J connectivity index is 1.68. The summed E-state index contributed by atoms with van der Waals surface area (Å²) in [5.41, 5.74) is 1.15. The van der Waals surface area contributed by atoms with Crippen LogP contribution in [0.1, 0.15) is 70.8 Å². The zero-order valence-corrected chi connectivity index (χ0v) is 17.9. The average molecular weight is 433 g/mol. The molecule has 0 saturated heterocycles. The fraction of sp³-hybridized carbons (Fsp3) is 0.545. The Morgan fingerprint density at radius 2 is 2.10 bits per heavy atom. The molecule has 3 atom stereocenters. The Morgan fingerprint density at radius 3 is 2.77 bits per heavy atom. The van der Waals surface area contributed by atoms with Crippen LogP contribution >= 0.6 is 11.3 Å². The molecule has 0 spiro atoms. The highest BCUT2D eigenvalue weighted by molar-refractivity contribution is 7.12. The topological polar surface area (TPSA) is 84.3 Å². The SMILES string of the molecule is COC1c2c(c(=O)[nH]c(=O)n2C2CC2)C(C)=C(F)C1c1cc2c(s1)CCC(CO)C2. The number of aromatic amines is 1. The second kappa shape index (κ2) is 7.28. The van der Waals surface area contributed by atoms with Gasteiger partial charge in [-0.3, -0.25) is 14.3 Å². The Bertz CT molecular complexity index is 1160. The number of aryl methyl sites for hydroxylation is 1. The van der Waals surface area contributed by atoms with Crippen LogP contribution in [-0.4, -0.2) is 28.4 Å². The highest BCUT2D eigenvalue weighted by Gasteiger charge is 2.43. The van der Waals surface area contributed by atoms with E-state index in [1.165, 1.54) is 12.0 Å². The molecule has 8 heteroatoms. The number of H-pyrrole nitrogens is 1. The molecule has 0 amide bonds. The monoisotopic (exact) mass is 432 g/mol. The molecule has 3 aliphatic carbocycles. The summed E-state index contributed by atoms with van der Waals surface area (Å²) < 4.78 is 23.1. The summed E-state index contributed by atoms with van der Waals surface area (Å²) in [6, 6.07) is 2.06. The molecule has 160 valence electrons. The molecular weight excluding hydrogens is 407 g/mol. The molecule has 0 bridgehead atoms. The van der Waals surface area contributed by atoms with E-state index >= 15 is 4.39 Å². The van der Waals surface area contributed by atoms with Crippen molar-refractivity contribution in [3.63, 3.8) is 0 Å². The lowest BCUT2D eigenvalue weighted by atomic mass is 9.83. The second-order valence-corrected chi connectivity index (χ2v) is 9.78. The van der Waals surface area contributed by atoms with Gasteiger partial charge in [-0.2, -0.15) is 0 Å². The number of aliphatic hydroxyl groups excluding tert-OH is 1. The van der Waals surface area contributed by atoms with Crippen molar-refractivity contribution < 1.29 is 14.2 Å². The van der Waals surface area contributed by atoms with Gasteiger partial charge in [-0.25, -0.2) is 9.18 Å². The van der Waals surface area contributed by atoms with Crippen molar-refractivity contribution in [3.05, 3.63) is 59.3 Å². The van der Waals surface area contributed by atoms with Crippen LogP contribution in [0.4, 0.5) is 4.39 Å². The number of aliphatic hydroxyl groups is 1. The summed E-state index contributed by atoms with van der Waals surface area (Å²) >= 11 is 1.58. The van der Waals surface area contributed by atoms with Crippen molar-refractivity contribution in [2.24, 2.45) is 5.92 Å². The number of nitrogens with one attached hydrogen (secondary N) is 1. The second-order valence-electron chi connectivity index (χ2n) is 8.62. The maximum Gasteiger partial charge on any atom is 0.328 e. The van der Waals surface area contributed by atoms with Gasteiger partial charge in [-0.1, -0.05) is 0 Å². The lowest BCUT2D eigenvalue weighted by molar-refractivity contribution is 0.0728. The van der Waals surface area contributed by atoms with Crippen LogP contribution in [0.5, 0.6) is 0 Å². The molecule has 1 fully saturated rings. The first kappa shape index (κ1) is 19.9. The first-order valence-electron chi connectivity index (χ1n) is 10.4. The van der Waals surface area contributed by atoms with Crippen molar-refractivity contribution in [2.75, 3.05) is 13.7 Å². The Morgan fingerprint density at radius 1 is 1.33 bits per heavy atom. The van der Waals surface area contributed by atoms with Crippen LogP contribution in [0.25, 0.3) is 5.57 Å². The quantitative estimate of drug-likeness (QED) is 0.777. The maximum atomic E-state index is 15.7. The normalized spacial score (nSPS) is 25.9. The Labute approximate surface area is 177 Å². The molecule has 1 saturated carbocycles. The van der Waals surface area contributed by atoms with E-state index in [0.29, 0.717) is 5.69 Å². The molecule has 5 rings (SSSR count). The zero-order valence-electron chi connectivity index (χ0n) is 17.0. The van der Waals surface area contributed by atoms with Gasteiger partial charge in [0.15, 0.2) is 0 Å². The predicted molar refractivity (Wildman–Crippen MR) is 113 cm³/mol. The van der Waals surface area contributed by atoms with Gasteiger partial charge >= 0.3 is 5.69 Å². The Hall–Kier alpha value is -2.03. The van der Waals surface area contributed by atoms with E-state index in [2.05, 4.69) is 4.98 Å². The number of allylic oxidation sites excluding steroid dienone is 1. The summed E-state index contributed by atoms with van der Waals surface area (Å²) in [7, 11) is 1.51. The fourth-order valence-corrected chi connectivity index (χ4v) is 6.33. The van der Waals surface area contributed by atoms with E-state index in [1.807, 2.05) is 6.07 Å². The lowest BCUT2D eigenvalue weighted by Gasteiger charge is -2.33. The molecule has 0 radical (unpaired) electrons. The van der Waals surface area contributed by atoms with E-state index in [4.69, 9.17) is 4.74 Å². The van der Waals surface area contributed by atoms with Crippen molar-refractivity contribution in [2.45, 2.75) is 57.1 Å². The molecule has 6 nitrogen and oxygen atoms in total. The van der Waals surface area contributed by atoms with Gasteiger partial charge in [0.05, 0.1) is 17.2 Å². The third-order valence-electron chi connectivity index (χ3n) is 6.70. The van der Waals surface area contributed by atoms with Crippen LogP contribution in [0.3, 0.4) is 0 Å². The van der Waals surface area contributed by atoms with E-state index in [0.717, 1.165) is 42.5 Å². The van der Waals surface area contributed by atoms with Crippen LogP contribution in [-0.2, 0) is 17.6 Å². The number of aromatic nitrogens is 2. The van der Waals surface area contributed by atoms with Gasteiger partial charge < -0.3 is 9.84 Å². The largest absolute Gasteiger partial charge is 0.396 e. The summed E-state index contributed by atoms with van der Waals surface area (Å²) in [5, 5.41) is 9.53. The zero-order chi connectivity index (χ0) is 21.2. The minimum Gasteiger partial charge on any atom is -0.396 e. The molecule has 2 heterocycles. The summed E-state index contributed by atoms with van der Waals surface area (Å²) in [5.74, 6) is -0.819. The summed E-state index contributed by atoms with van der Waals surface area (Å²) in [4.78, 5) is 29.7. The van der Waals surface area contributed by atoms with E-state index in [1.54, 1.807) is 22.8 Å². The number of halogens is 1. The molecule has 2 aromatic rings. The van der Waals surface area contributed by atoms with E-state index in [9.17, 15) is 14.7 Å². The number of hydrogen-bond donors (Lipinski definition) is 2. The number of methoxy groups -OCH3 is 1. The van der Waals surface area contributed by atoms with Crippen LogP contribution in [0.15, 0.2) is 21.5 Å². The minimum atomic E-state index is -0.743. The Kier molecular flexibility index (Phi) is 4.83. The van der Waals surface area contributed by atoms with E-state index < -0.39 is 23.3 Å². The standard InChI is InChI=1S/C22H25FN2O4S/c1-10-16-19(25(13-4-5-13)22(28)24-21(16)27)20(29-2)17(18(10)23)15-8-12-7-11(9-26)3-6-14(12)30-15/h8,11,13,17,20,26H,3-7,9H2,1-2H3,(H,24,27,28). The summed E-state index contributed by atoms with van der Waals surface area (Å²) in [6.45, 7) is 1.77. The van der Waals surface area contributed by atoms with Crippen molar-refractivity contribution >= 4 is 16.9 Å². The van der Waals surface area contributed by atoms with Crippen LogP contribution < -0.4 is 11.2 Å². The van der Waals surface area contributed by atoms with Crippen molar-refractivity contribution in [1.82, 2.24) is 9.55 Å². The lowest BCUT2D eigenvalue weighted by Crippen LogP contribution is -2.39. The predicted octanol–water partition coefficient (Wildman–Crippen LogP) is 3.22. The van der Waals surface area contributed by atoms with Gasteiger partial charge in [0, 0.05) is 29.5 Å². The molecule has 3 unspecified atom stereocenters. The average Bonchev–Trinajstić information content (AvgIpc) is 3.47. The molecule has 2 N–H and O–H groups in total. The van der Waals surface area contributed by atoms with E-state index in [-0.39, 0.29) is 35.5 Å². The number of nitrogens with zero attached hydrogens (tertiary/aromatic N) is 1. The smallest absolute Gasteiger partial charge is 0.328 e. The number of rotatable bonds is 4. The first-order valence-corrected chi connectivity index (χ1v) is 11.3. The molecule has 30 heavy (non-hydrogen) atoms. The molecular formula is C22H25FN2O4S. The van der Waals surface area contributed by atoms with Gasteiger partial charge in [-0.05, 0) is 62.1 Å². The summed E-state index contributed by atoms with van der Waals surface area (Å²) in [6.07, 6.45) is 3.58. The minimum absolute atomic E-state index is 0.0252. The molecule has 3 aliphatic rings. The highest BCUT2D eigenvalue weighted by Crippen LogP contribution is 2.51. The molecule has 2 aromatic heterocycles. The third-order valence-corrected chi connectivity index (χ3v) is 8.02. The number of hydrogen-bond acceptors (Lipinski definition) is 5. The first-order chi connectivity index (χ1) is 14.4. The number of thiophene rings is 1. The van der Waals surface area contributed by atoms with Crippen LogP contribution in [0, 0.1) is 5.92 Å². The number of ether oxygens (including phenoxy) is 1. The maximum absolute atomic E-state index is 15.7. The number of fused-ring (bicyclic) bond motifs is 2. The molecule has 0 aromatic carbocycles. The fourth-order valence-electron chi connectivity index (χ4n) is 5.00. The third kappa shape index (κ3) is 2.96. The van der Waals surface area contributed by atoms with Gasteiger partial charge in [0.25, 0.3) is 5.56 Å². The van der Waals surface area contributed by atoms with Crippen molar-refractivity contribution in [1.29, 1.82) is 0 Å². The molecule has 0 aliphatic heterocycles. The van der Waals surface area contributed by atoms with Gasteiger partial charge in [-0.15, -0.1) is 11.3 Å². The van der Waals surface area contributed by atoms with Crippen LogP contribution in [0.2, 0.25) is 0 Å². The highest BCUT2D eigenvalue weighted by atomic mass is 32.1. The van der Waals surface area contributed by atoms with Gasteiger partial charge in [0.1, 0.15) is 11.9 Å².